The van der Waals surface area contributed by atoms with Crippen molar-refractivity contribution in [2.24, 2.45) is 5.92 Å². The molecule has 1 aliphatic rings. The summed E-state index contributed by atoms with van der Waals surface area (Å²) >= 11 is 11.6. The number of carbonyl (C=O) groups excluding carboxylic acids is 3. The Bertz CT molecular complexity index is 945. The number of piperidine rings is 1. The van der Waals surface area contributed by atoms with Crippen LogP contribution in [-0.2, 0) is 14.3 Å². The molecule has 1 saturated heterocycles. The molecule has 1 fully saturated rings. The summed E-state index contributed by atoms with van der Waals surface area (Å²) in [6, 6.07) is 10.4. The Labute approximate surface area is 182 Å². The van der Waals surface area contributed by atoms with Crippen molar-refractivity contribution in [2.75, 3.05) is 25.0 Å². The van der Waals surface area contributed by atoms with Crippen LogP contribution in [0.1, 0.15) is 23.2 Å². The fourth-order valence-electron chi connectivity index (χ4n) is 3.13. The molecule has 0 bridgehead atoms. The molecule has 3 rings (SSSR count). The first-order valence-corrected chi connectivity index (χ1v) is 10.1. The lowest BCUT2D eigenvalue weighted by molar-refractivity contribution is -0.152. The zero-order valence-corrected chi connectivity index (χ0v) is 17.4. The standard InChI is InChI=1S/C21H19Cl2FN2O4/c22-15-3-1-13(2-4-15)20(28)26-9-7-14(8-10-26)21(29)30-12-19(27)25-18-11-16(23)5-6-17(18)24/h1-6,11,14H,7-10,12H2,(H,25,27). The number of hydrogen-bond donors (Lipinski definition) is 1. The number of anilines is 1. The molecule has 0 unspecified atom stereocenters. The first kappa shape index (κ1) is 22.1. The van der Waals surface area contributed by atoms with Crippen molar-refractivity contribution in [1.29, 1.82) is 0 Å². The maximum atomic E-state index is 13.6. The largest absolute Gasteiger partial charge is 0.455 e. The highest BCUT2D eigenvalue weighted by molar-refractivity contribution is 6.31. The van der Waals surface area contributed by atoms with E-state index in [0.717, 1.165) is 6.07 Å². The molecule has 30 heavy (non-hydrogen) atoms. The van der Waals surface area contributed by atoms with Crippen LogP contribution in [-0.4, -0.2) is 42.4 Å². The lowest BCUT2D eigenvalue weighted by Gasteiger charge is -2.31. The smallest absolute Gasteiger partial charge is 0.309 e. The number of esters is 1. The predicted molar refractivity (Wildman–Crippen MR) is 111 cm³/mol. The average molecular weight is 453 g/mol. The summed E-state index contributed by atoms with van der Waals surface area (Å²) in [6.07, 6.45) is 0.866. The van der Waals surface area contributed by atoms with E-state index in [0.29, 0.717) is 36.5 Å². The number of benzene rings is 2. The monoisotopic (exact) mass is 452 g/mol. The molecule has 0 atom stereocenters. The van der Waals surface area contributed by atoms with E-state index in [9.17, 15) is 18.8 Å². The van der Waals surface area contributed by atoms with Crippen molar-refractivity contribution < 1.29 is 23.5 Å². The Morgan fingerprint density at radius 2 is 1.67 bits per heavy atom. The van der Waals surface area contributed by atoms with E-state index in [1.54, 1.807) is 29.2 Å². The highest BCUT2D eigenvalue weighted by atomic mass is 35.5. The molecular weight excluding hydrogens is 434 g/mol. The molecule has 1 heterocycles. The van der Waals surface area contributed by atoms with E-state index in [-0.39, 0.29) is 16.6 Å². The fourth-order valence-corrected chi connectivity index (χ4v) is 3.43. The molecule has 6 nitrogen and oxygen atoms in total. The van der Waals surface area contributed by atoms with Crippen LogP contribution < -0.4 is 5.32 Å². The van der Waals surface area contributed by atoms with Crippen LogP contribution in [0.5, 0.6) is 0 Å². The number of nitrogens with zero attached hydrogens (tertiary/aromatic N) is 1. The first-order valence-electron chi connectivity index (χ1n) is 9.30. The lowest BCUT2D eigenvalue weighted by Crippen LogP contribution is -2.41. The van der Waals surface area contributed by atoms with Crippen molar-refractivity contribution in [3.05, 3.63) is 63.9 Å². The predicted octanol–water partition coefficient (Wildman–Crippen LogP) is 4.17. The zero-order chi connectivity index (χ0) is 21.7. The van der Waals surface area contributed by atoms with Crippen LogP contribution in [0.15, 0.2) is 42.5 Å². The van der Waals surface area contributed by atoms with Crippen LogP contribution in [0, 0.1) is 11.7 Å². The molecule has 0 radical (unpaired) electrons. The molecule has 1 aliphatic heterocycles. The number of carbonyl (C=O) groups is 3. The minimum absolute atomic E-state index is 0.0856. The molecule has 0 aliphatic carbocycles. The molecule has 158 valence electrons. The number of rotatable bonds is 5. The molecule has 0 aromatic heterocycles. The second kappa shape index (κ2) is 9.91. The fraction of sp³-hybridized carbons (Fsp3) is 0.286. The highest BCUT2D eigenvalue weighted by Crippen LogP contribution is 2.22. The third-order valence-electron chi connectivity index (χ3n) is 4.75. The van der Waals surface area contributed by atoms with Crippen LogP contribution in [0.4, 0.5) is 10.1 Å². The molecule has 1 N–H and O–H groups in total. The third kappa shape index (κ3) is 5.70. The normalized spacial score (nSPS) is 14.3. The van der Waals surface area contributed by atoms with Crippen LogP contribution in [0.25, 0.3) is 0 Å². The van der Waals surface area contributed by atoms with Gasteiger partial charge in [-0.3, -0.25) is 14.4 Å². The Balaban J connectivity index is 1.45. The number of amides is 2. The molecular formula is C21H19Cl2FN2O4. The van der Waals surface area contributed by atoms with Crippen molar-refractivity contribution in [3.63, 3.8) is 0 Å². The maximum absolute atomic E-state index is 13.6. The van der Waals surface area contributed by atoms with Gasteiger partial charge >= 0.3 is 5.97 Å². The molecule has 0 saturated carbocycles. The number of likely N-dealkylation sites (tertiary alicyclic amines) is 1. The van der Waals surface area contributed by atoms with E-state index in [1.807, 2.05) is 0 Å². The van der Waals surface area contributed by atoms with Gasteiger partial charge in [0.05, 0.1) is 11.6 Å². The van der Waals surface area contributed by atoms with E-state index in [1.165, 1.54) is 12.1 Å². The molecule has 2 amide bonds. The van der Waals surface area contributed by atoms with Crippen LogP contribution in [0.2, 0.25) is 10.0 Å². The van der Waals surface area contributed by atoms with Gasteiger partial charge in [0.1, 0.15) is 5.82 Å². The van der Waals surface area contributed by atoms with Crippen LogP contribution in [0.3, 0.4) is 0 Å². The van der Waals surface area contributed by atoms with Gasteiger partial charge in [0, 0.05) is 28.7 Å². The van der Waals surface area contributed by atoms with Gasteiger partial charge in [-0.25, -0.2) is 4.39 Å². The third-order valence-corrected chi connectivity index (χ3v) is 5.24. The minimum Gasteiger partial charge on any atom is -0.455 e. The molecule has 2 aromatic carbocycles. The summed E-state index contributed by atoms with van der Waals surface area (Å²) in [6.45, 7) is 0.275. The maximum Gasteiger partial charge on any atom is 0.309 e. The highest BCUT2D eigenvalue weighted by Gasteiger charge is 2.29. The van der Waals surface area contributed by atoms with Crippen molar-refractivity contribution in [3.8, 4) is 0 Å². The number of halogens is 3. The van der Waals surface area contributed by atoms with Gasteiger partial charge in [-0.1, -0.05) is 23.2 Å². The summed E-state index contributed by atoms with van der Waals surface area (Å²) in [5.74, 6) is -2.36. The second-order valence-corrected chi connectivity index (χ2v) is 7.73. The van der Waals surface area contributed by atoms with Crippen molar-refractivity contribution in [1.82, 2.24) is 4.90 Å². The Kier molecular flexibility index (Phi) is 7.29. The van der Waals surface area contributed by atoms with Crippen molar-refractivity contribution in [2.45, 2.75) is 12.8 Å². The first-order chi connectivity index (χ1) is 14.3. The van der Waals surface area contributed by atoms with E-state index in [2.05, 4.69) is 5.32 Å². The van der Waals surface area contributed by atoms with E-state index >= 15 is 0 Å². The van der Waals surface area contributed by atoms with E-state index < -0.39 is 30.2 Å². The topological polar surface area (TPSA) is 75.7 Å². The van der Waals surface area contributed by atoms with Gasteiger partial charge in [-0.15, -0.1) is 0 Å². The summed E-state index contributed by atoms with van der Waals surface area (Å²) in [4.78, 5) is 38.3. The van der Waals surface area contributed by atoms with Crippen molar-refractivity contribution >= 4 is 46.7 Å². The number of hydrogen-bond acceptors (Lipinski definition) is 4. The van der Waals surface area contributed by atoms with Gasteiger partial charge in [-0.05, 0) is 55.3 Å². The van der Waals surface area contributed by atoms with Gasteiger partial charge in [0.2, 0.25) is 0 Å². The average Bonchev–Trinajstić information content (AvgIpc) is 2.75. The quantitative estimate of drug-likeness (QED) is 0.690. The zero-order valence-electron chi connectivity index (χ0n) is 15.9. The Morgan fingerprint density at radius 1 is 1.03 bits per heavy atom. The SMILES string of the molecule is O=C(COC(=O)C1CCN(C(=O)c2ccc(Cl)cc2)CC1)Nc1cc(Cl)ccc1F. The number of ether oxygens (including phenoxy) is 1. The van der Waals surface area contributed by atoms with Gasteiger partial charge in [0.25, 0.3) is 11.8 Å². The lowest BCUT2D eigenvalue weighted by atomic mass is 9.96. The molecule has 2 aromatic rings. The summed E-state index contributed by atoms with van der Waals surface area (Å²) in [7, 11) is 0. The van der Waals surface area contributed by atoms with Gasteiger partial charge in [0.15, 0.2) is 6.61 Å². The van der Waals surface area contributed by atoms with Crippen LogP contribution >= 0.6 is 23.2 Å². The molecule has 9 heteroatoms. The molecule has 0 spiro atoms. The van der Waals surface area contributed by atoms with E-state index in [4.69, 9.17) is 27.9 Å². The van der Waals surface area contributed by atoms with Gasteiger partial charge < -0.3 is 15.0 Å². The summed E-state index contributed by atoms with van der Waals surface area (Å²) in [5.41, 5.74) is 0.447. The second-order valence-electron chi connectivity index (χ2n) is 6.85. The van der Waals surface area contributed by atoms with Gasteiger partial charge in [-0.2, -0.15) is 0 Å². The Hall–Kier alpha value is -2.64. The summed E-state index contributed by atoms with van der Waals surface area (Å²) < 4.78 is 18.7. The summed E-state index contributed by atoms with van der Waals surface area (Å²) in [5, 5.41) is 3.13. The number of nitrogens with one attached hydrogen (secondary N) is 1. The Morgan fingerprint density at radius 3 is 2.33 bits per heavy atom. The minimum atomic E-state index is -0.667.